The molecule has 6 nitrogen and oxygen atoms in total. The molecule has 36 heavy (non-hydrogen) atoms. The van der Waals surface area contributed by atoms with Crippen molar-refractivity contribution in [2.45, 2.75) is 52.2 Å². The molecule has 3 rings (SSSR count). The monoisotopic (exact) mass is 489 g/mol. The molecule has 0 radical (unpaired) electrons. The number of benzene rings is 3. The molecule has 6 heteroatoms. The first-order chi connectivity index (χ1) is 17.4. The Morgan fingerprint density at radius 3 is 1.92 bits per heavy atom. The van der Waals surface area contributed by atoms with E-state index in [4.69, 9.17) is 9.47 Å². The maximum absolute atomic E-state index is 13.7. The van der Waals surface area contributed by atoms with Gasteiger partial charge in [-0.15, -0.1) is 0 Å². The summed E-state index contributed by atoms with van der Waals surface area (Å²) in [6.45, 7) is 6.68. The molecule has 0 aliphatic carbocycles. The summed E-state index contributed by atoms with van der Waals surface area (Å²) in [6.07, 6.45) is 0.00270. The molecule has 2 atom stereocenters. The van der Waals surface area contributed by atoms with Crippen molar-refractivity contribution in [2.75, 3.05) is 18.1 Å². The number of hydrogen-bond donors (Lipinski definition) is 1. The number of carboxylic acids is 1. The summed E-state index contributed by atoms with van der Waals surface area (Å²) in [5.41, 5.74) is 3.88. The van der Waals surface area contributed by atoms with Crippen molar-refractivity contribution in [1.82, 2.24) is 0 Å². The lowest BCUT2D eigenvalue weighted by Gasteiger charge is -2.27. The standard InChI is InChI=1S/C30H35NO5/c1-4-22-12-16-25(17-13-22)31(5-2)29(32)27(20-23-10-8-7-9-11-23)36-26-18-14-24(15-19-26)21-28(30(33)34)35-6-3/h7-19,27-28H,4-6,20-21H2,1-3H3,(H,33,34). The van der Waals surface area contributed by atoms with Crippen molar-refractivity contribution in [3.8, 4) is 5.75 Å². The number of hydrogen-bond acceptors (Lipinski definition) is 4. The minimum absolute atomic E-state index is 0.114. The number of carboxylic acid groups (broad SMARTS) is 1. The van der Waals surface area contributed by atoms with Crippen molar-refractivity contribution < 1.29 is 24.2 Å². The molecular formula is C30H35NO5. The van der Waals surface area contributed by atoms with E-state index in [2.05, 4.69) is 6.92 Å². The fraction of sp³-hybridized carbons (Fsp3) is 0.333. The maximum atomic E-state index is 13.7. The number of aliphatic carboxylic acids is 1. The highest BCUT2D eigenvalue weighted by Crippen LogP contribution is 2.22. The Bertz CT molecular complexity index is 1100. The fourth-order valence-electron chi connectivity index (χ4n) is 4.06. The van der Waals surface area contributed by atoms with Crippen molar-refractivity contribution in [3.05, 3.63) is 95.6 Å². The van der Waals surface area contributed by atoms with E-state index in [0.717, 1.165) is 23.2 Å². The van der Waals surface area contributed by atoms with Gasteiger partial charge in [0.05, 0.1) is 0 Å². The lowest BCUT2D eigenvalue weighted by molar-refractivity contribution is -0.150. The predicted molar refractivity (Wildman–Crippen MR) is 142 cm³/mol. The molecule has 1 amide bonds. The Morgan fingerprint density at radius 1 is 0.778 bits per heavy atom. The normalized spacial score (nSPS) is 12.5. The van der Waals surface area contributed by atoms with Crippen LogP contribution in [0.1, 0.15) is 37.5 Å². The summed E-state index contributed by atoms with van der Waals surface area (Å²) < 4.78 is 11.6. The third-order valence-electron chi connectivity index (χ3n) is 6.04. The van der Waals surface area contributed by atoms with Crippen LogP contribution in [0.5, 0.6) is 5.75 Å². The largest absolute Gasteiger partial charge is 0.480 e. The number of likely N-dealkylation sites (N-methyl/N-ethyl adjacent to an activating group) is 1. The number of anilines is 1. The molecule has 3 aromatic carbocycles. The molecule has 1 N–H and O–H groups in total. The molecule has 0 bridgehead atoms. The average molecular weight is 490 g/mol. The molecule has 0 fully saturated rings. The number of carbonyl (C=O) groups excluding carboxylic acids is 1. The molecule has 2 unspecified atom stereocenters. The van der Waals surface area contributed by atoms with Crippen molar-refractivity contribution in [3.63, 3.8) is 0 Å². The molecule has 0 saturated heterocycles. The first-order valence-electron chi connectivity index (χ1n) is 12.5. The molecule has 3 aromatic rings. The molecule has 190 valence electrons. The highest BCUT2D eigenvalue weighted by molar-refractivity contribution is 5.97. The van der Waals surface area contributed by atoms with Crippen LogP contribution in [0.4, 0.5) is 5.69 Å². The Balaban J connectivity index is 1.81. The summed E-state index contributed by atoms with van der Waals surface area (Å²) in [5, 5.41) is 9.35. The van der Waals surface area contributed by atoms with Gasteiger partial charge in [-0.2, -0.15) is 0 Å². The van der Waals surface area contributed by atoms with Gasteiger partial charge < -0.3 is 19.5 Å². The van der Waals surface area contributed by atoms with Crippen molar-refractivity contribution in [2.24, 2.45) is 0 Å². The second kappa shape index (κ2) is 13.4. The Morgan fingerprint density at radius 2 is 1.36 bits per heavy atom. The molecule has 0 aliphatic rings. The van der Waals surface area contributed by atoms with Crippen LogP contribution in [0.15, 0.2) is 78.9 Å². The van der Waals surface area contributed by atoms with Gasteiger partial charge in [-0.25, -0.2) is 4.79 Å². The van der Waals surface area contributed by atoms with Gasteiger partial charge in [0.15, 0.2) is 12.2 Å². The first kappa shape index (κ1) is 27.0. The van der Waals surface area contributed by atoms with E-state index < -0.39 is 18.2 Å². The van der Waals surface area contributed by atoms with E-state index in [1.807, 2.05) is 73.7 Å². The maximum Gasteiger partial charge on any atom is 0.333 e. The topological polar surface area (TPSA) is 76.1 Å². The zero-order valence-corrected chi connectivity index (χ0v) is 21.2. The fourth-order valence-corrected chi connectivity index (χ4v) is 4.06. The van der Waals surface area contributed by atoms with Crippen molar-refractivity contribution in [1.29, 1.82) is 0 Å². The summed E-state index contributed by atoms with van der Waals surface area (Å²) >= 11 is 0. The van der Waals surface area contributed by atoms with Gasteiger partial charge in [0.2, 0.25) is 0 Å². The van der Waals surface area contributed by atoms with Crippen LogP contribution in [0.3, 0.4) is 0 Å². The van der Waals surface area contributed by atoms with Gasteiger partial charge in [-0.1, -0.05) is 61.5 Å². The summed E-state index contributed by atoms with van der Waals surface area (Å²) in [7, 11) is 0. The molecule has 0 heterocycles. The SMILES string of the molecule is CCOC(Cc1ccc(OC(Cc2ccccc2)C(=O)N(CC)c2ccc(CC)cc2)cc1)C(=O)O. The van der Waals surface area contributed by atoms with E-state index in [9.17, 15) is 14.7 Å². The van der Waals surface area contributed by atoms with Gasteiger partial charge in [0.1, 0.15) is 5.75 Å². The van der Waals surface area contributed by atoms with Crippen LogP contribution >= 0.6 is 0 Å². The lowest BCUT2D eigenvalue weighted by Crippen LogP contribution is -2.43. The van der Waals surface area contributed by atoms with Crippen LogP contribution < -0.4 is 9.64 Å². The van der Waals surface area contributed by atoms with Gasteiger partial charge in [-0.05, 0) is 61.2 Å². The average Bonchev–Trinajstić information content (AvgIpc) is 2.90. The van der Waals surface area contributed by atoms with E-state index in [-0.39, 0.29) is 12.3 Å². The number of amides is 1. The van der Waals surface area contributed by atoms with Gasteiger partial charge >= 0.3 is 5.97 Å². The molecule has 0 aromatic heterocycles. The summed E-state index contributed by atoms with van der Waals surface area (Å²) in [6, 6.07) is 25.0. The molecule has 0 aliphatic heterocycles. The summed E-state index contributed by atoms with van der Waals surface area (Å²) in [5.74, 6) is -0.553. The zero-order chi connectivity index (χ0) is 25.9. The second-order valence-corrected chi connectivity index (χ2v) is 8.53. The minimum atomic E-state index is -0.989. The zero-order valence-electron chi connectivity index (χ0n) is 21.2. The second-order valence-electron chi connectivity index (χ2n) is 8.53. The minimum Gasteiger partial charge on any atom is -0.480 e. The predicted octanol–water partition coefficient (Wildman–Crippen LogP) is 5.32. The Kier molecular flexibility index (Phi) is 10.1. The van der Waals surface area contributed by atoms with Gasteiger partial charge in [-0.3, -0.25) is 4.79 Å². The van der Waals surface area contributed by atoms with Gasteiger partial charge in [0, 0.05) is 31.7 Å². The number of aryl methyl sites for hydroxylation is 1. The van der Waals surface area contributed by atoms with Crippen LogP contribution in [-0.2, 0) is 33.6 Å². The molecule has 0 spiro atoms. The van der Waals surface area contributed by atoms with Gasteiger partial charge in [0.25, 0.3) is 5.91 Å². The van der Waals surface area contributed by atoms with Crippen LogP contribution in [-0.4, -0.2) is 42.3 Å². The molecule has 0 saturated carbocycles. The van der Waals surface area contributed by atoms with E-state index in [1.54, 1.807) is 24.0 Å². The van der Waals surface area contributed by atoms with Crippen LogP contribution in [0.25, 0.3) is 0 Å². The number of nitrogens with zero attached hydrogens (tertiary/aromatic N) is 1. The van der Waals surface area contributed by atoms with E-state index in [0.29, 0.717) is 25.3 Å². The quantitative estimate of drug-likeness (QED) is 0.351. The lowest BCUT2D eigenvalue weighted by atomic mass is 10.1. The van der Waals surface area contributed by atoms with E-state index >= 15 is 0 Å². The Hall–Kier alpha value is -3.64. The third kappa shape index (κ3) is 7.43. The highest BCUT2D eigenvalue weighted by atomic mass is 16.5. The number of rotatable bonds is 13. The third-order valence-corrected chi connectivity index (χ3v) is 6.04. The van der Waals surface area contributed by atoms with Crippen molar-refractivity contribution >= 4 is 17.6 Å². The highest BCUT2D eigenvalue weighted by Gasteiger charge is 2.27. The summed E-state index contributed by atoms with van der Waals surface area (Å²) in [4.78, 5) is 26.9. The van der Waals surface area contributed by atoms with Crippen LogP contribution in [0, 0.1) is 0 Å². The smallest absolute Gasteiger partial charge is 0.333 e. The Labute approximate surface area is 213 Å². The van der Waals surface area contributed by atoms with Crippen LogP contribution in [0.2, 0.25) is 0 Å². The van der Waals surface area contributed by atoms with E-state index in [1.165, 1.54) is 5.56 Å². The number of carbonyl (C=O) groups is 2. The first-order valence-corrected chi connectivity index (χ1v) is 12.5. The molecular weight excluding hydrogens is 454 g/mol. The number of ether oxygens (including phenoxy) is 2.